The first-order valence-electron chi connectivity index (χ1n) is 10.6. The summed E-state index contributed by atoms with van der Waals surface area (Å²) >= 11 is 6.11. The second kappa shape index (κ2) is 11.5. The third kappa shape index (κ3) is 6.28. The Balaban J connectivity index is 1.55. The molecule has 1 atom stereocenters. The van der Waals surface area contributed by atoms with Gasteiger partial charge in [0, 0.05) is 37.4 Å². The molecule has 1 fully saturated rings. The Hall–Kier alpha value is -1.46. The third-order valence-electron chi connectivity index (χ3n) is 5.60. The molecular weight excluding hydrogens is 368 g/mol. The van der Waals surface area contributed by atoms with Crippen LogP contribution in [0.3, 0.4) is 0 Å². The van der Waals surface area contributed by atoms with Crippen molar-refractivity contribution >= 4 is 11.6 Å². The average molecular weight is 401 g/mol. The van der Waals surface area contributed by atoms with E-state index in [1.165, 1.54) is 37.8 Å². The zero-order chi connectivity index (χ0) is 19.6. The largest absolute Gasteiger partial charge is 0.330 e. The molecule has 0 amide bonds. The zero-order valence-corrected chi connectivity index (χ0v) is 17.5. The van der Waals surface area contributed by atoms with E-state index in [1.807, 2.05) is 24.4 Å². The Kier molecular flexibility index (Phi) is 8.74. The summed E-state index contributed by atoms with van der Waals surface area (Å²) in [6.07, 6.45) is 8.26. The predicted octanol–water partition coefficient (Wildman–Crippen LogP) is 4.35. The summed E-state index contributed by atoms with van der Waals surface area (Å²) in [4.78, 5) is 9.83. The van der Waals surface area contributed by atoms with E-state index < -0.39 is 0 Å². The van der Waals surface area contributed by atoms with E-state index in [0.717, 1.165) is 49.9 Å². The molecule has 1 aliphatic heterocycles. The Bertz CT molecular complexity index is 669. The highest BCUT2D eigenvalue weighted by atomic mass is 35.5. The highest BCUT2D eigenvalue weighted by molar-refractivity contribution is 6.30. The molecule has 0 saturated carbocycles. The Morgan fingerprint density at radius 2 is 1.61 bits per heavy atom. The van der Waals surface area contributed by atoms with Crippen LogP contribution in [0.2, 0.25) is 5.02 Å². The number of unbranched alkanes of at least 4 members (excludes halogenated alkanes) is 4. The molecule has 0 radical (unpaired) electrons. The number of benzene rings is 1. The predicted molar refractivity (Wildman–Crippen MR) is 118 cm³/mol. The van der Waals surface area contributed by atoms with Crippen molar-refractivity contribution in [3.8, 4) is 0 Å². The monoisotopic (exact) mass is 400 g/mol. The summed E-state index contributed by atoms with van der Waals surface area (Å²) in [5.74, 6) is 0. The summed E-state index contributed by atoms with van der Waals surface area (Å²) in [5.41, 5.74) is 7.94. The molecule has 0 spiro atoms. The maximum absolute atomic E-state index is 6.11. The number of piperazine rings is 1. The Labute approximate surface area is 174 Å². The molecule has 2 aromatic rings. The van der Waals surface area contributed by atoms with Crippen LogP contribution in [0.4, 0.5) is 0 Å². The molecular formula is C23H33ClN4. The SMILES string of the molecule is NCCCCCCCN1CCN(C(c2ccc(Cl)cc2)c2ccccn2)CC1. The van der Waals surface area contributed by atoms with E-state index >= 15 is 0 Å². The van der Waals surface area contributed by atoms with Gasteiger partial charge in [-0.1, -0.05) is 49.1 Å². The van der Waals surface area contributed by atoms with Crippen molar-refractivity contribution in [1.29, 1.82) is 0 Å². The lowest BCUT2D eigenvalue weighted by Crippen LogP contribution is -2.48. The number of rotatable bonds is 10. The zero-order valence-electron chi connectivity index (χ0n) is 16.8. The highest BCUT2D eigenvalue weighted by Crippen LogP contribution is 2.29. The number of pyridine rings is 1. The fourth-order valence-corrected chi connectivity index (χ4v) is 4.13. The molecule has 2 N–H and O–H groups in total. The lowest BCUT2D eigenvalue weighted by molar-refractivity contribution is 0.107. The number of hydrogen-bond acceptors (Lipinski definition) is 4. The molecule has 1 unspecified atom stereocenters. The van der Waals surface area contributed by atoms with E-state index in [-0.39, 0.29) is 6.04 Å². The summed E-state index contributed by atoms with van der Waals surface area (Å²) < 4.78 is 0. The van der Waals surface area contributed by atoms with E-state index in [4.69, 9.17) is 17.3 Å². The van der Waals surface area contributed by atoms with Gasteiger partial charge in [-0.15, -0.1) is 0 Å². The van der Waals surface area contributed by atoms with E-state index in [2.05, 4.69) is 39.0 Å². The van der Waals surface area contributed by atoms with Crippen LogP contribution in [-0.2, 0) is 0 Å². The van der Waals surface area contributed by atoms with Gasteiger partial charge in [-0.25, -0.2) is 0 Å². The van der Waals surface area contributed by atoms with Crippen LogP contribution in [-0.4, -0.2) is 54.1 Å². The Morgan fingerprint density at radius 1 is 0.893 bits per heavy atom. The molecule has 1 aliphatic rings. The molecule has 4 nitrogen and oxygen atoms in total. The van der Waals surface area contributed by atoms with Gasteiger partial charge in [0.05, 0.1) is 11.7 Å². The summed E-state index contributed by atoms with van der Waals surface area (Å²) in [6, 6.07) is 14.6. The standard InChI is InChI=1S/C23H33ClN4/c24-21-11-9-20(10-12-21)23(22-8-4-6-14-26-22)28-18-16-27(17-19-28)15-7-3-1-2-5-13-25/h4,6,8-12,14,23H,1-3,5,7,13,15-19,25H2. The smallest absolute Gasteiger partial charge is 0.0777 e. The minimum absolute atomic E-state index is 0.192. The van der Waals surface area contributed by atoms with Crippen LogP contribution in [0.5, 0.6) is 0 Å². The van der Waals surface area contributed by atoms with E-state index in [0.29, 0.717) is 0 Å². The van der Waals surface area contributed by atoms with Gasteiger partial charge < -0.3 is 10.6 Å². The van der Waals surface area contributed by atoms with Crippen molar-refractivity contribution in [2.24, 2.45) is 5.73 Å². The summed E-state index contributed by atoms with van der Waals surface area (Å²) in [5, 5.41) is 0.778. The lowest BCUT2D eigenvalue weighted by Gasteiger charge is -2.39. The minimum atomic E-state index is 0.192. The molecule has 1 aromatic carbocycles. The third-order valence-corrected chi connectivity index (χ3v) is 5.86. The number of nitrogens with zero attached hydrogens (tertiary/aromatic N) is 3. The second-order valence-electron chi connectivity index (χ2n) is 7.64. The van der Waals surface area contributed by atoms with Crippen molar-refractivity contribution in [2.45, 2.75) is 38.1 Å². The van der Waals surface area contributed by atoms with Gasteiger partial charge >= 0.3 is 0 Å². The van der Waals surface area contributed by atoms with Gasteiger partial charge in [0.1, 0.15) is 0 Å². The molecule has 5 heteroatoms. The fourth-order valence-electron chi connectivity index (χ4n) is 4.01. The molecule has 0 bridgehead atoms. The van der Waals surface area contributed by atoms with E-state index in [9.17, 15) is 0 Å². The number of halogens is 1. The minimum Gasteiger partial charge on any atom is -0.330 e. The first kappa shape index (κ1) is 21.3. The van der Waals surface area contributed by atoms with Crippen LogP contribution in [0.15, 0.2) is 48.7 Å². The topological polar surface area (TPSA) is 45.4 Å². The quantitative estimate of drug-likeness (QED) is 0.602. The number of hydrogen-bond donors (Lipinski definition) is 1. The number of aromatic nitrogens is 1. The fraction of sp³-hybridized carbons (Fsp3) is 0.522. The van der Waals surface area contributed by atoms with Crippen LogP contribution in [0.1, 0.15) is 49.4 Å². The van der Waals surface area contributed by atoms with Crippen LogP contribution >= 0.6 is 11.6 Å². The first-order chi connectivity index (χ1) is 13.8. The summed E-state index contributed by atoms with van der Waals surface area (Å²) in [7, 11) is 0. The van der Waals surface area contributed by atoms with Crippen LogP contribution in [0.25, 0.3) is 0 Å². The normalized spacial score (nSPS) is 16.9. The van der Waals surface area contributed by atoms with Gasteiger partial charge in [-0.2, -0.15) is 0 Å². The van der Waals surface area contributed by atoms with Crippen molar-refractivity contribution < 1.29 is 0 Å². The van der Waals surface area contributed by atoms with Crippen LogP contribution in [0, 0.1) is 0 Å². The first-order valence-corrected chi connectivity index (χ1v) is 11.0. The highest BCUT2D eigenvalue weighted by Gasteiger charge is 2.27. The van der Waals surface area contributed by atoms with Gasteiger partial charge in [0.15, 0.2) is 0 Å². The van der Waals surface area contributed by atoms with Crippen molar-refractivity contribution in [3.05, 3.63) is 64.9 Å². The molecule has 2 heterocycles. The molecule has 3 rings (SSSR count). The van der Waals surface area contributed by atoms with E-state index in [1.54, 1.807) is 0 Å². The maximum atomic E-state index is 6.11. The molecule has 152 valence electrons. The second-order valence-corrected chi connectivity index (χ2v) is 8.08. The average Bonchev–Trinajstić information content (AvgIpc) is 2.74. The van der Waals surface area contributed by atoms with Crippen LogP contribution < -0.4 is 5.73 Å². The Morgan fingerprint density at radius 3 is 2.29 bits per heavy atom. The molecule has 1 saturated heterocycles. The lowest BCUT2D eigenvalue weighted by atomic mass is 10.0. The van der Waals surface area contributed by atoms with Gasteiger partial charge in [-0.3, -0.25) is 9.88 Å². The molecule has 28 heavy (non-hydrogen) atoms. The molecule has 1 aromatic heterocycles. The van der Waals surface area contributed by atoms with Gasteiger partial charge in [0.2, 0.25) is 0 Å². The van der Waals surface area contributed by atoms with Gasteiger partial charge in [-0.05, 0) is 55.8 Å². The summed E-state index contributed by atoms with van der Waals surface area (Å²) in [6.45, 7) is 6.42. The van der Waals surface area contributed by atoms with Crippen molar-refractivity contribution in [1.82, 2.24) is 14.8 Å². The number of nitrogens with two attached hydrogens (primary N) is 1. The van der Waals surface area contributed by atoms with Crippen molar-refractivity contribution in [3.63, 3.8) is 0 Å². The van der Waals surface area contributed by atoms with Crippen molar-refractivity contribution in [2.75, 3.05) is 39.3 Å². The maximum Gasteiger partial charge on any atom is 0.0777 e. The van der Waals surface area contributed by atoms with Gasteiger partial charge in [0.25, 0.3) is 0 Å². The molecule has 0 aliphatic carbocycles.